The van der Waals surface area contributed by atoms with Gasteiger partial charge in [0.2, 0.25) is 0 Å². The number of hydrogen-bond acceptors (Lipinski definition) is 2. The summed E-state index contributed by atoms with van der Waals surface area (Å²) >= 11 is 0. The molecule has 0 aliphatic rings. The van der Waals surface area contributed by atoms with Gasteiger partial charge in [-0.05, 0) is 29.8 Å². The molecule has 0 radical (unpaired) electrons. The van der Waals surface area contributed by atoms with Crippen LogP contribution in [0.1, 0.15) is 21.6 Å². The Labute approximate surface area is 110 Å². The van der Waals surface area contributed by atoms with Crippen molar-refractivity contribution in [2.75, 3.05) is 0 Å². The Hall–Kier alpha value is -2.57. The van der Waals surface area contributed by atoms with Crippen molar-refractivity contribution < 1.29 is 23.1 Å². The highest BCUT2D eigenvalue weighted by Crippen LogP contribution is 2.15. The minimum absolute atomic E-state index is 0.0662. The number of pyridine rings is 1. The number of carboxylic acids is 1. The number of benzene rings is 1. The third-order valence-corrected chi connectivity index (χ3v) is 2.64. The number of carboxylic acid groups (broad SMARTS) is 1. The maximum atomic E-state index is 13.0. The van der Waals surface area contributed by atoms with Crippen LogP contribution in [0.2, 0.25) is 0 Å². The van der Waals surface area contributed by atoms with Gasteiger partial charge < -0.3 is 10.1 Å². The molecular weight excluding hydrogens is 275 g/mol. The van der Waals surface area contributed by atoms with Crippen molar-refractivity contribution in [1.82, 2.24) is 4.98 Å². The van der Waals surface area contributed by atoms with Crippen LogP contribution >= 0.6 is 0 Å². The van der Waals surface area contributed by atoms with E-state index in [1.165, 1.54) is 6.07 Å². The smallest absolute Gasteiger partial charge is 0.341 e. The SMILES string of the molecule is O=C(O)c1ccc(Cc2cc(F)c(F)c(F)c2)[nH]c1=O. The standard InChI is InChI=1S/C13H8F3NO3/c14-9-4-6(5-10(15)11(9)16)3-7-1-2-8(13(19)20)12(18)17-7/h1-2,4-5H,3H2,(H,17,18)(H,19,20). The molecule has 0 unspecified atom stereocenters. The van der Waals surface area contributed by atoms with Crippen LogP contribution in [0.5, 0.6) is 0 Å². The molecule has 104 valence electrons. The summed E-state index contributed by atoms with van der Waals surface area (Å²) in [6.07, 6.45) is -0.0662. The molecule has 0 fully saturated rings. The van der Waals surface area contributed by atoms with Crippen molar-refractivity contribution in [2.45, 2.75) is 6.42 Å². The normalized spacial score (nSPS) is 10.6. The predicted molar refractivity (Wildman–Crippen MR) is 63.1 cm³/mol. The first kappa shape index (κ1) is 13.9. The Kier molecular flexibility index (Phi) is 3.60. The van der Waals surface area contributed by atoms with Crippen LogP contribution in [0.15, 0.2) is 29.1 Å². The highest BCUT2D eigenvalue weighted by atomic mass is 19.2. The zero-order valence-corrected chi connectivity index (χ0v) is 9.91. The summed E-state index contributed by atoms with van der Waals surface area (Å²) < 4.78 is 38.8. The molecule has 2 N–H and O–H groups in total. The Bertz CT molecular complexity index is 717. The van der Waals surface area contributed by atoms with Crippen LogP contribution in [0.25, 0.3) is 0 Å². The van der Waals surface area contributed by atoms with Crippen LogP contribution in [0.3, 0.4) is 0 Å². The Morgan fingerprint density at radius 1 is 1.15 bits per heavy atom. The topological polar surface area (TPSA) is 70.2 Å². The summed E-state index contributed by atoms with van der Waals surface area (Å²) in [5, 5.41) is 8.69. The number of halogens is 3. The molecule has 7 heteroatoms. The fraction of sp³-hybridized carbons (Fsp3) is 0.0769. The fourth-order valence-electron chi connectivity index (χ4n) is 1.72. The van der Waals surface area contributed by atoms with Gasteiger partial charge in [-0.1, -0.05) is 0 Å². The molecule has 0 bridgehead atoms. The molecule has 0 saturated heterocycles. The van der Waals surface area contributed by atoms with Crippen molar-refractivity contribution in [1.29, 1.82) is 0 Å². The number of aromatic nitrogens is 1. The lowest BCUT2D eigenvalue weighted by atomic mass is 10.1. The molecule has 0 saturated carbocycles. The molecule has 4 nitrogen and oxygen atoms in total. The van der Waals surface area contributed by atoms with Gasteiger partial charge in [0.05, 0.1) is 0 Å². The van der Waals surface area contributed by atoms with E-state index in [9.17, 15) is 22.8 Å². The van der Waals surface area contributed by atoms with Crippen molar-refractivity contribution >= 4 is 5.97 Å². The van der Waals surface area contributed by atoms with Crippen LogP contribution in [-0.2, 0) is 6.42 Å². The Morgan fingerprint density at radius 3 is 2.25 bits per heavy atom. The minimum Gasteiger partial charge on any atom is -0.477 e. The molecule has 2 aromatic rings. The quantitative estimate of drug-likeness (QED) is 0.847. The number of nitrogens with one attached hydrogen (secondary N) is 1. The van der Waals surface area contributed by atoms with E-state index in [4.69, 9.17) is 5.11 Å². The van der Waals surface area contributed by atoms with Crippen molar-refractivity contribution in [3.63, 3.8) is 0 Å². The molecule has 2 rings (SSSR count). The maximum Gasteiger partial charge on any atom is 0.341 e. The van der Waals surface area contributed by atoms with Gasteiger partial charge in [0.25, 0.3) is 5.56 Å². The van der Waals surface area contributed by atoms with Crippen molar-refractivity contribution in [2.24, 2.45) is 0 Å². The molecular formula is C13H8F3NO3. The zero-order valence-electron chi connectivity index (χ0n) is 9.91. The number of rotatable bonds is 3. The third kappa shape index (κ3) is 2.71. The summed E-state index contributed by atoms with van der Waals surface area (Å²) in [5.41, 5.74) is -0.895. The number of carbonyl (C=O) groups is 1. The molecule has 1 aromatic carbocycles. The van der Waals surface area contributed by atoms with E-state index in [0.29, 0.717) is 0 Å². The van der Waals surface area contributed by atoms with Crippen molar-refractivity contribution in [3.8, 4) is 0 Å². The summed E-state index contributed by atoms with van der Waals surface area (Å²) in [7, 11) is 0. The van der Waals surface area contributed by atoms with Gasteiger partial charge in [-0.15, -0.1) is 0 Å². The van der Waals surface area contributed by atoms with Gasteiger partial charge in [-0.3, -0.25) is 4.79 Å². The third-order valence-electron chi connectivity index (χ3n) is 2.64. The summed E-state index contributed by atoms with van der Waals surface area (Å²) in [6, 6.07) is 4.01. The first-order valence-electron chi connectivity index (χ1n) is 5.47. The van der Waals surface area contributed by atoms with E-state index in [1.54, 1.807) is 0 Å². The van der Waals surface area contributed by atoms with E-state index in [1.807, 2.05) is 0 Å². The van der Waals surface area contributed by atoms with Crippen LogP contribution in [0.4, 0.5) is 13.2 Å². The van der Waals surface area contributed by atoms with Crippen LogP contribution < -0.4 is 5.56 Å². The molecule has 1 aromatic heterocycles. The fourth-order valence-corrected chi connectivity index (χ4v) is 1.72. The van der Waals surface area contributed by atoms with Crippen molar-refractivity contribution in [3.05, 3.63) is 68.9 Å². The lowest BCUT2D eigenvalue weighted by molar-refractivity contribution is 0.0695. The van der Waals surface area contributed by atoms with E-state index in [-0.39, 0.29) is 17.7 Å². The second-order valence-electron chi connectivity index (χ2n) is 4.08. The van der Waals surface area contributed by atoms with E-state index < -0.39 is 34.5 Å². The van der Waals surface area contributed by atoms with Gasteiger partial charge >= 0.3 is 5.97 Å². The summed E-state index contributed by atoms with van der Waals surface area (Å²) in [6.45, 7) is 0. The second-order valence-corrected chi connectivity index (χ2v) is 4.08. The molecule has 0 atom stereocenters. The highest BCUT2D eigenvalue weighted by molar-refractivity contribution is 5.86. The average molecular weight is 283 g/mol. The summed E-state index contributed by atoms with van der Waals surface area (Å²) in [5.74, 6) is -5.60. The molecule has 0 aliphatic heterocycles. The molecule has 20 heavy (non-hydrogen) atoms. The largest absolute Gasteiger partial charge is 0.477 e. The molecule has 0 aliphatic carbocycles. The zero-order chi connectivity index (χ0) is 14.9. The number of hydrogen-bond donors (Lipinski definition) is 2. The summed E-state index contributed by atoms with van der Waals surface area (Å²) in [4.78, 5) is 24.4. The molecule has 0 spiro atoms. The predicted octanol–water partition coefficient (Wildman–Crippen LogP) is 2.08. The highest BCUT2D eigenvalue weighted by Gasteiger charge is 2.12. The number of aromatic amines is 1. The van der Waals surface area contributed by atoms with E-state index in [0.717, 1.165) is 18.2 Å². The van der Waals surface area contributed by atoms with Gasteiger partial charge in [0, 0.05) is 12.1 Å². The van der Waals surface area contributed by atoms with Crippen LogP contribution in [0, 0.1) is 17.5 Å². The Morgan fingerprint density at radius 2 is 1.75 bits per heavy atom. The van der Waals surface area contributed by atoms with E-state index in [2.05, 4.69) is 4.98 Å². The lowest BCUT2D eigenvalue weighted by Gasteiger charge is -2.04. The van der Waals surface area contributed by atoms with Gasteiger partial charge in [-0.25, -0.2) is 18.0 Å². The minimum atomic E-state index is -1.57. The molecule has 1 heterocycles. The average Bonchev–Trinajstić information content (AvgIpc) is 2.35. The Balaban J connectivity index is 2.33. The maximum absolute atomic E-state index is 13.0. The van der Waals surface area contributed by atoms with Gasteiger partial charge in [0.1, 0.15) is 5.56 Å². The first-order chi connectivity index (χ1) is 9.38. The van der Waals surface area contributed by atoms with Gasteiger partial charge in [0.15, 0.2) is 17.5 Å². The molecule has 0 amide bonds. The number of H-pyrrole nitrogens is 1. The number of aromatic carboxylic acids is 1. The second kappa shape index (κ2) is 5.20. The van der Waals surface area contributed by atoms with Crippen LogP contribution in [-0.4, -0.2) is 16.1 Å². The lowest BCUT2D eigenvalue weighted by Crippen LogP contribution is -2.18. The van der Waals surface area contributed by atoms with E-state index >= 15 is 0 Å². The monoisotopic (exact) mass is 283 g/mol. The van der Waals surface area contributed by atoms with Gasteiger partial charge in [-0.2, -0.15) is 0 Å². The first-order valence-corrected chi connectivity index (χ1v) is 5.47.